The van der Waals surface area contributed by atoms with E-state index in [2.05, 4.69) is 14.9 Å². The van der Waals surface area contributed by atoms with E-state index in [1.165, 1.54) is 36.0 Å². The highest BCUT2D eigenvalue weighted by molar-refractivity contribution is 7.98. The van der Waals surface area contributed by atoms with Crippen LogP contribution in [-0.4, -0.2) is 24.9 Å². The zero-order valence-electron chi connectivity index (χ0n) is 12.5. The highest BCUT2D eigenvalue weighted by atomic mass is 32.2. The van der Waals surface area contributed by atoms with Gasteiger partial charge in [0.2, 0.25) is 5.09 Å². The lowest BCUT2D eigenvalue weighted by Crippen LogP contribution is -2.12. The van der Waals surface area contributed by atoms with Gasteiger partial charge >= 0.3 is 0 Å². The molecule has 2 aromatic heterocycles. The molecule has 2 N–H and O–H groups in total. The van der Waals surface area contributed by atoms with Crippen LogP contribution in [0.5, 0.6) is 0 Å². The lowest BCUT2D eigenvalue weighted by molar-refractivity contribution is 0.461. The third kappa shape index (κ3) is 3.52. The minimum atomic E-state index is -3.86. The fraction of sp³-hybridized carbons (Fsp3) is 0.0667. The molecule has 0 fully saturated rings. The van der Waals surface area contributed by atoms with Crippen LogP contribution in [0.3, 0.4) is 0 Å². The number of aromatic amines is 1. The molecule has 124 valence electrons. The second-order valence-corrected chi connectivity index (χ2v) is 7.26. The molecule has 2 heterocycles. The number of nitrogens with one attached hydrogen (secondary N) is 2. The molecule has 9 heteroatoms. The van der Waals surface area contributed by atoms with Gasteiger partial charge in [-0.25, -0.2) is 5.10 Å². The number of H-pyrrole nitrogens is 1. The van der Waals surface area contributed by atoms with Crippen molar-refractivity contribution < 1.29 is 12.8 Å². The van der Waals surface area contributed by atoms with Crippen molar-refractivity contribution in [3.63, 3.8) is 0 Å². The van der Waals surface area contributed by atoms with Crippen molar-refractivity contribution >= 4 is 27.5 Å². The van der Waals surface area contributed by atoms with E-state index < -0.39 is 10.0 Å². The highest BCUT2D eigenvalue weighted by Gasteiger charge is 2.20. The monoisotopic (exact) mass is 363 g/mol. The minimum Gasteiger partial charge on any atom is -0.441 e. The molecule has 1 aromatic carbocycles. The number of hydrogen-bond donors (Lipinski definition) is 2. The summed E-state index contributed by atoms with van der Waals surface area (Å²) < 4.78 is 32.7. The molecular weight excluding hydrogens is 350 g/mol. The minimum absolute atomic E-state index is 0.236. The van der Waals surface area contributed by atoms with E-state index in [1.54, 1.807) is 18.2 Å². The molecule has 0 aliphatic carbocycles. The lowest BCUT2D eigenvalue weighted by atomic mass is 10.3. The van der Waals surface area contributed by atoms with Crippen molar-refractivity contribution in [1.82, 2.24) is 10.2 Å². The number of sulfonamides is 1. The van der Waals surface area contributed by atoms with Crippen LogP contribution in [0.4, 0.5) is 5.69 Å². The van der Waals surface area contributed by atoms with Crippen LogP contribution < -0.4 is 10.3 Å². The molecule has 3 aromatic rings. The van der Waals surface area contributed by atoms with E-state index in [0.29, 0.717) is 11.4 Å². The topological polar surface area (TPSA) is 105 Å². The third-order valence-corrected chi connectivity index (χ3v) is 5.08. The zero-order chi connectivity index (χ0) is 17.2. The van der Waals surface area contributed by atoms with Crippen molar-refractivity contribution in [2.75, 3.05) is 11.0 Å². The molecule has 0 saturated heterocycles. The Balaban J connectivity index is 1.87. The number of thioether (sulfide) groups is 1. The van der Waals surface area contributed by atoms with Crippen molar-refractivity contribution in [2.45, 2.75) is 9.99 Å². The van der Waals surface area contributed by atoms with E-state index >= 15 is 0 Å². The Hall–Kier alpha value is -2.52. The first kappa shape index (κ1) is 16.3. The van der Waals surface area contributed by atoms with Crippen molar-refractivity contribution in [2.24, 2.45) is 0 Å². The van der Waals surface area contributed by atoms with E-state index in [4.69, 9.17) is 4.42 Å². The number of hydrogen-bond acceptors (Lipinski definition) is 6. The fourth-order valence-corrected chi connectivity index (χ4v) is 3.42. The molecule has 0 aliphatic heterocycles. The normalized spacial score (nSPS) is 11.4. The predicted molar refractivity (Wildman–Crippen MR) is 91.6 cm³/mol. The summed E-state index contributed by atoms with van der Waals surface area (Å²) in [7, 11) is -3.86. The van der Waals surface area contributed by atoms with Crippen LogP contribution in [0.15, 0.2) is 67.7 Å². The first-order chi connectivity index (χ1) is 11.5. The molecule has 7 nitrogen and oxygen atoms in total. The largest absolute Gasteiger partial charge is 0.441 e. The zero-order valence-corrected chi connectivity index (χ0v) is 14.1. The third-order valence-electron chi connectivity index (χ3n) is 3.10. The van der Waals surface area contributed by atoms with Gasteiger partial charge < -0.3 is 4.42 Å². The maximum Gasteiger partial charge on any atom is 0.295 e. The van der Waals surface area contributed by atoms with E-state index in [-0.39, 0.29) is 16.4 Å². The molecule has 0 spiro atoms. The summed E-state index contributed by atoms with van der Waals surface area (Å²) >= 11 is 1.51. The molecule has 0 aliphatic rings. The maximum absolute atomic E-state index is 12.4. The second kappa shape index (κ2) is 6.54. The smallest absolute Gasteiger partial charge is 0.295 e. The Kier molecular flexibility index (Phi) is 4.45. The quantitative estimate of drug-likeness (QED) is 0.675. The average molecular weight is 363 g/mol. The number of furan rings is 1. The Bertz CT molecular complexity index is 1000. The maximum atomic E-state index is 12.4. The Morgan fingerprint density at radius 2 is 2.00 bits per heavy atom. The Labute approximate surface area is 142 Å². The van der Waals surface area contributed by atoms with Crippen LogP contribution in [-0.2, 0) is 10.0 Å². The van der Waals surface area contributed by atoms with Crippen molar-refractivity contribution in [3.05, 3.63) is 58.9 Å². The van der Waals surface area contributed by atoms with Gasteiger partial charge in [-0.2, -0.15) is 13.5 Å². The van der Waals surface area contributed by atoms with Crippen LogP contribution in [0.1, 0.15) is 0 Å². The SMILES string of the molecule is CSc1cccc(NS(=O)(=O)c2ccc(-c3ccc(=O)[nH]n3)o2)c1. The predicted octanol–water partition coefficient (Wildman–Crippen LogP) is 2.55. The number of aromatic nitrogens is 2. The van der Waals surface area contributed by atoms with Crippen LogP contribution in [0.25, 0.3) is 11.5 Å². The van der Waals surface area contributed by atoms with Gasteiger partial charge in [0.15, 0.2) is 5.76 Å². The molecule has 0 bridgehead atoms. The number of anilines is 1. The second-order valence-electron chi connectivity index (χ2n) is 4.76. The number of rotatable bonds is 5. The molecule has 3 rings (SSSR count). The average Bonchev–Trinajstić information content (AvgIpc) is 3.06. The van der Waals surface area contributed by atoms with Crippen molar-refractivity contribution in [1.29, 1.82) is 0 Å². The highest BCUT2D eigenvalue weighted by Crippen LogP contribution is 2.25. The van der Waals surface area contributed by atoms with E-state index in [9.17, 15) is 13.2 Å². The van der Waals surface area contributed by atoms with Gasteiger partial charge in [0, 0.05) is 11.0 Å². The summed E-state index contributed by atoms with van der Waals surface area (Å²) in [6, 6.07) is 12.6. The lowest BCUT2D eigenvalue weighted by Gasteiger charge is -2.06. The van der Waals surface area contributed by atoms with Gasteiger partial charge in [0.05, 0.1) is 5.69 Å². The summed E-state index contributed by atoms with van der Waals surface area (Å²) in [5.41, 5.74) is 0.427. The molecule has 0 atom stereocenters. The molecule has 0 saturated carbocycles. The molecule has 0 amide bonds. The van der Waals surface area contributed by atoms with Gasteiger partial charge in [-0.15, -0.1) is 11.8 Å². The summed E-state index contributed by atoms with van der Waals surface area (Å²) in [4.78, 5) is 12.0. The first-order valence-corrected chi connectivity index (χ1v) is 9.51. The van der Waals surface area contributed by atoms with Gasteiger partial charge in [-0.1, -0.05) is 6.07 Å². The van der Waals surface area contributed by atoms with Crippen LogP contribution in [0.2, 0.25) is 0 Å². The Morgan fingerprint density at radius 1 is 1.17 bits per heavy atom. The van der Waals surface area contributed by atoms with E-state index in [0.717, 1.165) is 4.90 Å². The van der Waals surface area contributed by atoms with Crippen LogP contribution in [0, 0.1) is 0 Å². The van der Waals surface area contributed by atoms with Gasteiger partial charge in [-0.05, 0) is 42.7 Å². The van der Waals surface area contributed by atoms with Crippen LogP contribution >= 0.6 is 11.8 Å². The van der Waals surface area contributed by atoms with E-state index in [1.807, 2.05) is 12.3 Å². The van der Waals surface area contributed by atoms with Crippen molar-refractivity contribution in [3.8, 4) is 11.5 Å². The Morgan fingerprint density at radius 3 is 2.71 bits per heavy atom. The molecule has 0 unspecified atom stereocenters. The number of benzene rings is 1. The standard InChI is InChI=1S/C15H13N3O4S2/c1-23-11-4-2-3-10(9-11)18-24(20,21)15-8-6-13(22-15)12-5-7-14(19)17-16-12/h2-9,18H,1H3,(H,17,19). The van der Waals surface area contributed by atoms with Gasteiger partial charge in [0.25, 0.3) is 15.6 Å². The summed E-state index contributed by atoms with van der Waals surface area (Å²) in [5, 5.41) is 5.83. The summed E-state index contributed by atoms with van der Waals surface area (Å²) in [6.45, 7) is 0. The molecule has 24 heavy (non-hydrogen) atoms. The first-order valence-electron chi connectivity index (χ1n) is 6.81. The fourth-order valence-electron chi connectivity index (χ4n) is 1.98. The molecule has 0 radical (unpaired) electrons. The van der Waals surface area contributed by atoms with Gasteiger partial charge in [-0.3, -0.25) is 9.52 Å². The number of nitrogens with zero attached hydrogens (tertiary/aromatic N) is 1. The van der Waals surface area contributed by atoms with Gasteiger partial charge in [0.1, 0.15) is 5.69 Å². The molecular formula is C15H13N3O4S2. The summed E-state index contributed by atoms with van der Waals surface area (Å²) in [6.07, 6.45) is 1.91. The summed E-state index contributed by atoms with van der Waals surface area (Å²) in [5.74, 6) is 0.240.